The summed E-state index contributed by atoms with van der Waals surface area (Å²) < 4.78 is 10.7. The first-order chi connectivity index (χ1) is 41.3. The summed E-state index contributed by atoms with van der Waals surface area (Å²) in [7, 11) is 4.93. The van der Waals surface area contributed by atoms with E-state index in [4.69, 9.17) is 9.47 Å². The number of aromatic hydroxyl groups is 4. The Labute approximate surface area is 528 Å². The van der Waals surface area contributed by atoms with Crippen molar-refractivity contribution in [2.45, 2.75) is 181 Å². The molecule has 16 heteroatoms. The summed E-state index contributed by atoms with van der Waals surface area (Å²) >= 11 is 0. The summed E-state index contributed by atoms with van der Waals surface area (Å²) in [5.74, 6) is -2.60. The fraction of sp³-hybridized carbons (Fsp3) is 0.444. The van der Waals surface area contributed by atoms with Crippen molar-refractivity contribution in [3.63, 3.8) is 0 Å². The number of amides is 2. The number of phenolic OH excluding ortho intramolecular Hbond substituents is 4. The van der Waals surface area contributed by atoms with E-state index in [9.17, 15) is 30.0 Å². The van der Waals surface area contributed by atoms with Crippen LogP contribution in [0.2, 0.25) is 0 Å². The van der Waals surface area contributed by atoms with Crippen molar-refractivity contribution in [2.24, 2.45) is 0 Å². The van der Waals surface area contributed by atoms with Crippen LogP contribution in [0, 0.1) is 0 Å². The molecule has 3 heterocycles. The first-order valence-corrected chi connectivity index (χ1v) is 32.8. The second-order valence-electron chi connectivity index (χ2n) is 27.9. The molecule has 6 aromatic rings. The second kappa shape index (κ2) is 27.4. The van der Waals surface area contributed by atoms with Gasteiger partial charge in [0.2, 0.25) is 11.8 Å². The molecule has 14 nitrogen and oxygen atoms in total. The first kappa shape index (κ1) is 67.0. The van der Waals surface area contributed by atoms with Gasteiger partial charge in [0.05, 0.1) is 26.3 Å². The third kappa shape index (κ3) is 16.3. The van der Waals surface area contributed by atoms with Crippen molar-refractivity contribution in [2.75, 3.05) is 25.7 Å². The van der Waals surface area contributed by atoms with Crippen LogP contribution in [0.3, 0.4) is 0 Å². The monoisotopic (exact) mass is 1230 g/mol. The van der Waals surface area contributed by atoms with Gasteiger partial charge >= 0.3 is 11.9 Å². The zero-order chi connectivity index (χ0) is 64.2. The van der Waals surface area contributed by atoms with Crippen LogP contribution < -0.4 is 10.6 Å². The third-order valence-electron chi connectivity index (χ3n) is 17.0. The number of fused-ring (bicyclic) bond motifs is 11. The predicted octanol–water partition coefficient (Wildman–Crippen LogP) is 12.1. The Morgan fingerprint density at radius 1 is 0.443 bits per heavy atom. The normalized spacial score (nSPS) is 20.3. The Morgan fingerprint density at radius 2 is 0.693 bits per heavy atom. The number of phenols is 4. The van der Waals surface area contributed by atoms with Gasteiger partial charge in [-0.2, -0.15) is 0 Å². The van der Waals surface area contributed by atoms with Crippen molar-refractivity contribution in [1.29, 1.82) is 0 Å². The van der Waals surface area contributed by atoms with E-state index in [1.807, 2.05) is 119 Å². The fourth-order valence-corrected chi connectivity index (χ4v) is 13.8. The van der Waals surface area contributed by atoms with Crippen molar-refractivity contribution in [3.8, 4) is 23.0 Å². The highest BCUT2D eigenvalue weighted by Crippen LogP contribution is 2.42. The summed E-state index contributed by atoms with van der Waals surface area (Å²) in [6.07, 6.45) is 0.410. The molecule has 0 fully saturated rings. The van der Waals surface area contributed by atoms with E-state index >= 15 is 9.59 Å². The number of carbonyl (C=O) groups excluding carboxylic acids is 4. The molecule has 6 N–H and O–H groups in total. The zero-order valence-corrected chi connectivity index (χ0v) is 55.4. The zero-order valence-electron chi connectivity index (χ0n) is 53.7. The van der Waals surface area contributed by atoms with Crippen LogP contribution in [0.25, 0.3) is 0 Å². The molecule has 0 saturated carbocycles. The Hall–Kier alpha value is -6.98. The molecule has 88 heavy (non-hydrogen) atoms. The van der Waals surface area contributed by atoms with E-state index < -0.39 is 69.6 Å². The van der Waals surface area contributed by atoms with Crippen LogP contribution in [0.1, 0.15) is 161 Å². The van der Waals surface area contributed by atoms with Crippen molar-refractivity contribution in [3.05, 3.63) is 187 Å². The van der Waals surface area contributed by atoms with Crippen LogP contribution in [-0.2, 0) is 102 Å². The third-order valence-corrected chi connectivity index (χ3v) is 19.4. The lowest BCUT2D eigenvalue weighted by atomic mass is 9.81. The van der Waals surface area contributed by atoms with E-state index in [0.29, 0.717) is 44.5 Å². The van der Waals surface area contributed by atoms with Gasteiger partial charge in [0.25, 0.3) is 0 Å². The van der Waals surface area contributed by atoms with Gasteiger partial charge in [-0.05, 0) is 90.1 Å². The SMILES string of the molecule is COC(=O)C1CSSC[C@@H](C(=O)OC)NC(=O)[C@H](Cc2ccccc2)N2Cc3cc(C(C)(C)C)cc(c3O)Cc3cc(C(C)(C)C)cc(c3O)CN(Cc3cc(C(C)(C)C)cc(c3O)Cc3cc(C(C)(C)C)cc(c3O)C2)[C@H](Cc2ccccc2)C(=O)N1. The molecule has 0 radical (unpaired) electrons. The number of carbonyl (C=O) groups is 4. The molecule has 1 unspecified atom stereocenters. The van der Waals surface area contributed by atoms with Crippen molar-refractivity contribution in [1.82, 2.24) is 20.4 Å². The molecule has 0 spiro atoms. The average molecular weight is 1240 g/mol. The predicted molar refractivity (Wildman–Crippen MR) is 352 cm³/mol. The lowest BCUT2D eigenvalue weighted by Gasteiger charge is -2.34. The van der Waals surface area contributed by atoms with E-state index in [-0.39, 0.29) is 86.4 Å². The van der Waals surface area contributed by atoms with Crippen LogP contribution >= 0.6 is 21.6 Å². The number of esters is 2. The summed E-state index contributed by atoms with van der Waals surface area (Å²) in [5, 5.41) is 58.3. The van der Waals surface area contributed by atoms with Crippen molar-refractivity contribution >= 4 is 45.3 Å². The topological polar surface area (TPSA) is 198 Å². The maximum Gasteiger partial charge on any atom is 0.329 e. The number of hydrogen-bond acceptors (Lipinski definition) is 14. The number of nitrogens with one attached hydrogen (secondary N) is 2. The fourth-order valence-electron chi connectivity index (χ4n) is 11.5. The average Bonchev–Trinajstić information content (AvgIpc) is 1.60. The molecule has 0 aromatic heterocycles. The number of hydrogen-bond donors (Lipinski definition) is 6. The molecule has 470 valence electrons. The van der Waals surface area contributed by atoms with E-state index in [1.165, 1.54) is 35.8 Å². The largest absolute Gasteiger partial charge is 0.507 e. The van der Waals surface area contributed by atoms with Gasteiger partial charge in [-0.3, -0.25) is 19.4 Å². The molecule has 6 aromatic carbocycles. The highest BCUT2D eigenvalue weighted by Gasteiger charge is 2.37. The van der Waals surface area contributed by atoms with Gasteiger partial charge < -0.3 is 40.5 Å². The minimum Gasteiger partial charge on any atom is -0.507 e. The summed E-state index contributed by atoms with van der Waals surface area (Å²) in [6, 6.07) is 30.3. The second-order valence-corrected chi connectivity index (χ2v) is 30.4. The summed E-state index contributed by atoms with van der Waals surface area (Å²) in [6.45, 7) is 25.0. The smallest absolute Gasteiger partial charge is 0.329 e. The van der Waals surface area contributed by atoms with Crippen LogP contribution in [0.5, 0.6) is 23.0 Å². The molecule has 2 amide bonds. The number of methoxy groups -OCH3 is 2. The van der Waals surface area contributed by atoms with E-state index in [1.54, 1.807) is 0 Å². The lowest BCUT2D eigenvalue weighted by Crippen LogP contribution is -2.53. The minimum atomic E-state index is -1.19. The first-order valence-electron chi connectivity index (χ1n) is 30.3. The van der Waals surface area contributed by atoms with Crippen LogP contribution in [0.4, 0.5) is 0 Å². The number of ether oxygens (including phenoxy) is 2. The van der Waals surface area contributed by atoms with E-state index in [0.717, 1.165) is 33.4 Å². The van der Waals surface area contributed by atoms with Gasteiger partial charge in [0, 0.05) is 72.8 Å². The molecular formula is C72H90N4O10S2. The van der Waals surface area contributed by atoms with Crippen LogP contribution in [0.15, 0.2) is 109 Å². The van der Waals surface area contributed by atoms with Gasteiger partial charge in [0.15, 0.2) is 0 Å². The van der Waals surface area contributed by atoms with Gasteiger partial charge in [0.1, 0.15) is 35.1 Å². The molecule has 0 aliphatic carbocycles. The summed E-state index contributed by atoms with van der Waals surface area (Å²) in [4.78, 5) is 63.2. The maximum absolute atomic E-state index is 15.7. The molecule has 4 atom stereocenters. The number of benzene rings is 6. The molecule has 9 rings (SSSR count). The van der Waals surface area contributed by atoms with E-state index in [2.05, 4.69) is 93.7 Å². The molecule has 3 aliphatic heterocycles. The van der Waals surface area contributed by atoms with Gasteiger partial charge in [-0.25, -0.2) is 9.59 Å². The number of rotatable bonds is 6. The standard InChI is InChI=1S/C72H90N4O10S2/c1-69(2,3)53-29-45-27-46-30-54(70(4,5)6)35-51(62(46)78)39-76-40-52-36-56(72(10,11)12)32-48(64(52)80)28-47-31-55(71(7,8)9)34-50(63(47)79)38-75(37-49(33-53)61(45)77)59(25-43-21-17-15-18-22-43)65(81)73-57(67(83)85-13)41-87-88-42-58(68(84)86-14)74-66(82)60(76)26-44-23-19-16-20-24-44/h15-24,29-36,57-60,77-80H,25-28,37-42H2,1-14H3,(H,73,81)(H,74,82)/t57-,58?,59-,60+/m0/s1. The summed E-state index contributed by atoms with van der Waals surface area (Å²) in [5.41, 5.74) is 7.39. The Kier molecular flexibility index (Phi) is 20.9. The minimum absolute atomic E-state index is 0.00000708. The highest BCUT2D eigenvalue weighted by atomic mass is 33.1. The molecule has 10 bridgehead atoms. The quantitative estimate of drug-likeness (QED) is 0.0680. The Morgan fingerprint density at radius 3 is 0.932 bits per heavy atom. The lowest BCUT2D eigenvalue weighted by molar-refractivity contribution is -0.145. The van der Waals surface area contributed by atoms with Crippen LogP contribution in [-0.4, -0.2) is 104 Å². The Balaban J connectivity index is 1.52. The van der Waals surface area contributed by atoms with Gasteiger partial charge in [-0.15, -0.1) is 0 Å². The molecule has 0 saturated heterocycles. The number of nitrogens with zero attached hydrogens (tertiary/aromatic N) is 2. The Bertz CT molecular complexity index is 3140. The van der Waals surface area contributed by atoms with Crippen molar-refractivity contribution < 1.29 is 49.1 Å². The highest BCUT2D eigenvalue weighted by molar-refractivity contribution is 8.76. The molecular weight excluding hydrogens is 1140 g/mol. The molecule has 3 aliphatic rings. The van der Waals surface area contributed by atoms with Gasteiger partial charge in [-0.1, -0.05) is 214 Å². The maximum atomic E-state index is 15.7.